The van der Waals surface area contributed by atoms with Gasteiger partial charge in [0.05, 0.1) is 0 Å². The molecule has 0 bridgehead atoms. The van der Waals surface area contributed by atoms with Crippen LogP contribution in [-0.4, -0.2) is 0 Å². The lowest BCUT2D eigenvalue weighted by atomic mass is 9.77. The smallest absolute Gasteiger partial charge is 0.0210 e. The van der Waals surface area contributed by atoms with E-state index in [9.17, 15) is 0 Å². The molecule has 0 spiro atoms. The van der Waals surface area contributed by atoms with Gasteiger partial charge in [-0.2, -0.15) is 0 Å². The van der Waals surface area contributed by atoms with Gasteiger partial charge in [0, 0.05) is 4.47 Å². The maximum atomic E-state index is 3.71. The van der Waals surface area contributed by atoms with Crippen LogP contribution >= 0.6 is 15.9 Å². The molecule has 0 atom stereocenters. The predicted octanol–water partition coefficient (Wildman–Crippen LogP) is 7.08. The van der Waals surface area contributed by atoms with E-state index in [-0.39, 0.29) is 0 Å². The van der Waals surface area contributed by atoms with Crippen molar-refractivity contribution in [3.8, 4) is 0 Å². The fourth-order valence-corrected chi connectivity index (χ4v) is 4.21. The Balaban J connectivity index is 1.69. The van der Waals surface area contributed by atoms with Crippen molar-refractivity contribution in [3.05, 3.63) is 34.3 Å². The summed E-state index contributed by atoms with van der Waals surface area (Å²) >= 11 is 3.71. The fourth-order valence-electron chi connectivity index (χ4n) is 3.60. The van der Waals surface area contributed by atoms with Crippen molar-refractivity contribution < 1.29 is 0 Å². The van der Waals surface area contributed by atoms with Crippen LogP contribution < -0.4 is 0 Å². The van der Waals surface area contributed by atoms with Crippen LogP contribution in [0.1, 0.15) is 82.6 Å². The maximum Gasteiger partial charge on any atom is 0.0210 e. The molecule has 0 nitrogen and oxygen atoms in total. The van der Waals surface area contributed by atoms with E-state index in [2.05, 4.69) is 47.1 Å². The maximum absolute atomic E-state index is 3.71. The number of hydrogen-bond donors (Lipinski definition) is 0. The van der Waals surface area contributed by atoms with E-state index in [0.717, 1.165) is 11.8 Å². The Morgan fingerprint density at radius 1 is 0.950 bits per heavy atom. The Labute approximate surface area is 133 Å². The van der Waals surface area contributed by atoms with Gasteiger partial charge in [-0.25, -0.2) is 0 Å². The van der Waals surface area contributed by atoms with Crippen LogP contribution in [0, 0.1) is 5.92 Å². The van der Waals surface area contributed by atoms with Gasteiger partial charge in [0.1, 0.15) is 0 Å². The van der Waals surface area contributed by atoms with Gasteiger partial charge in [0.25, 0.3) is 0 Å². The molecule has 1 saturated carbocycles. The third-order valence-electron chi connectivity index (χ3n) is 4.91. The summed E-state index contributed by atoms with van der Waals surface area (Å²) in [7, 11) is 0. The second kappa shape index (κ2) is 8.87. The van der Waals surface area contributed by atoms with Crippen molar-refractivity contribution in [2.75, 3.05) is 0 Å². The first-order valence-corrected chi connectivity index (χ1v) is 9.35. The Morgan fingerprint density at radius 2 is 1.65 bits per heavy atom. The van der Waals surface area contributed by atoms with Crippen molar-refractivity contribution >= 4 is 15.9 Å². The van der Waals surface area contributed by atoms with Crippen molar-refractivity contribution in [3.63, 3.8) is 0 Å². The van der Waals surface area contributed by atoms with Gasteiger partial charge in [-0.15, -0.1) is 0 Å². The molecule has 0 amide bonds. The van der Waals surface area contributed by atoms with E-state index in [1.54, 1.807) is 0 Å². The summed E-state index contributed by atoms with van der Waals surface area (Å²) in [6.07, 6.45) is 14.3. The number of benzene rings is 1. The van der Waals surface area contributed by atoms with E-state index in [1.807, 2.05) is 0 Å². The lowest BCUT2D eigenvalue weighted by Gasteiger charge is -2.29. The highest BCUT2D eigenvalue weighted by atomic mass is 79.9. The first-order valence-electron chi connectivity index (χ1n) is 8.55. The summed E-state index contributed by atoms with van der Waals surface area (Å²) < 4.78 is 1.31. The summed E-state index contributed by atoms with van der Waals surface area (Å²) in [6.45, 7) is 2.29. The topological polar surface area (TPSA) is 0 Å². The van der Waals surface area contributed by atoms with Gasteiger partial charge in [0.15, 0.2) is 0 Å². The molecule has 1 aromatic rings. The molecule has 1 aliphatic carbocycles. The molecule has 0 N–H and O–H groups in total. The second-order valence-electron chi connectivity index (χ2n) is 6.44. The molecule has 112 valence electrons. The minimum absolute atomic E-state index is 0.793. The molecule has 0 unspecified atom stereocenters. The standard InChI is InChI=1S/C19H29Br/c1-2-3-4-5-6-9-16-12-14-17(15-13-16)18-10-7-8-11-19(18)20/h7-8,10-11,16-17H,2-6,9,12-15H2,1H3. The fraction of sp³-hybridized carbons (Fsp3) is 0.684. The van der Waals surface area contributed by atoms with Crippen LogP contribution in [0.4, 0.5) is 0 Å². The molecule has 2 rings (SSSR count). The van der Waals surface area contributed by atoms with Crippen LogP contribution in [0.15, 0.2) is 28.7 Å². The summed E-state index contributed by atoms with van der Waals surface area (Å²) in [5, 5.41) is 0. The van der Waals surface area contributed by atoms with Gasteiger partial charge < -0.3 is 0 Å². The molecule has 0 heterocycles. The minimum Gasteiger partial charge on any atom is -0.0654 e. The van der Waals surface area contributed by atoms with Crippen LogP contribution in [0.25, 0.3) is 0 Å². The molecule has 0 saturated heterocycles. The highest BCUT2D eigenvalue weighted by Crippen LogP contribution is 2.39. The van der Waals surface area contributed by atoms with Crippen molar-refractivity contribution in [1.29, 1.82) is 0 Å². The largest absolute Gasteiger partial charge is 0.0654 e. The Hall–Kier alpha value is -0.300. The zero-order chi connectivity index (χ0) is 14.2. The first-order chi connectivity index (χ1) is 9.81. The number of hydrogen-bond acceptors (Lipinski definition) is 0. The second-order valence-corrected chi connectivity index (χ2v) is 7.30. The Morgan fingerprint density at radius 3 is 2.35 bits per heavy atom. The minimum atomic E-state index is 0.793. The van der Waals surface area contributed by atoms with Gasteiger partial charge in [-0.05, 0) is 49.1 Å². The molecule has 1 heteroatoms. The molecule has 1 aromatic carbocycles. The lowest BCUT2D eigenvalue weighted by Crippen LogP contribution is -2.13. The molecule has 0 aromatic heterocycles. The van der Waals surface area contributed by atoms with Crippen molar-refractivity contribution in [1.82, 2.24) is 0 Å². The monoisotopic (exact) mass is 336 g/mol. The Kier molecular flexibility index (Phi) is 7.13. The zero-order valence-electron chi connectivity index (χ0n) is 12.9. The summed E-state index contributed by atoms with van der Waals surface area (Å²) in [5.41, 5.74) is 1.54. The van der Waals surface area contributed by atoms with Crippen LogP contribution in [0.2, 0.25) is 0 Å². The molecule has 0 aliphatic heterocycles. The summed E-state index contributed by atoms with van der Waals surface area (Å²) in [4.78, 5) is 0. The zero-order valence-corrected chi connectivity index (χ0v) is 14.5. The summed E-state index contributed by atoms with van der Waals surface area (Å²) in [6, 6.07) is 8.80. The molecular weight excluding hydrogens is 308 g/mol. The van der Waals surface area contributed by atoms with Gasteiger partial charge in [0.2, 0.25) is 0 Å². The highest BCUT2D eigenvalue weighted by Gasteiger charge is 2.23. The molecule has 0 radical (unpaired) electrons. The van der Waals surface area contributed by atoms with Gasteiger partial charge >= 0.3 is 0 Å². The quantitative estimate of drug-likeness (QED) is 0.466. The summed E-state index contributed by atoms with van der Waals surface area (Å²) in [5.74, 6) is 1.80. The lowest BCUT2D eigenvalue weighted by molar-refractivity contribution is 0.301. The number of unbranched alkanes of at least 4 members (excludes halogenated alkanes) is 4. The predicted molar refractivity (Wildman–Crippen MR) is 92.2 cm³/mol. The van der Waals surface area contributed by atoms with E-state index < -0.39 is 0 Å². The Bertz CT molecular complexity index is 377. The third kappa shape index (κ3) is 4.91. The van der Waals surface area contributed by atoms with Gasteiger partial charge in [-0.1, -0.05) is 79.6 Å². The average Bonchev–Trinajstić information content (AvgIpc) is 2.48. The molecule has 1 aliphatic rings. The SMILES string of the molecule is CCCCCCCC1CCC(c2ccccc2Br)CC1. The van der Waals surface area contributed by atoms with E-state index in [1.165, 1.54) is 74.2 Å². The van der Waals surface area contributed by atoms with Crippen LogP contribution in [0.5, 0.6) is 0 Å². The number of rotatable bonds is 7. The third-order valence-corrected chi connectivity index (χ3v) is 5.63. The highest BCUT2D eigenvalue weighted by molar-refractivity contribution is 9.10. The normalized spacial score (nSPS) is 22.9. The van der Waals surface area contributed by atoms with Gasteiger partial charge in [-0.3, -0.25) is 0 Å². The van der Waals surface area contributed by atoms with Crippen molar-refractivity contribution in [2.45, 2.75) is 77.0 Å². The first kappa shape index (κ1) is 16.1. The molecular formula is C19H29Br. The van der Waals surface area contributed by atoms with Crippen LogP contribution in [-0.2, 0) is 0 Å². The number of halogens is 1. The van der Waals surface area contributed by atoms with E-state index >= 15 is 0 Å². The van der Waals surface area contributed by atoms with E-state index in [4.69, 9.17) is 0 Å². The van der Waals surface area contributed by atoms with Crippen LogP contribution in [0.3, 0.4) is 0 Å². The molecule has 20 heavy (non-hydrogen) atoms. The average molecular weight is 337 g/mol. The van der Waals surface area contributed by atoms with Crippen molar-refractivity contribution in [2.24, 2.45) is 5.92 Å². The molecule has 1 fully saturated rings. The van der Waals surface area contributed by atoms with E-state index in [0.29, 0.717) is 0 Å².